The van der Waals surface area contributed by atoms with Crippen LogP contribution in [-0.2, 0) is 23.8 Å². The summed E-state index contributed by atoms with van der Waals surface area (Å²) in [5.74, 6) is -1.14. The number of ether oxygens (including phenoxy) is 3. The minimum Gasteiger partial charge on any atom is -0.394 e. The normalized spacial score (nSPS) is 42.9. The van der Waals surface area contributed by atoms with Crippen molar-refractivity contribution in [2.75, 3.05) is 13.2 Å². The summed E-state index contributed by atoms with van der Waals surface area (Å²) >= 11 is 0. The molecule has 0 aliphatic carbocycles. The van der Waals surface area contributed by atoms with Gasteiger partial charge >= 0.3 is 0 Å². The van der Waals surface area contributed by atoms with Gasteiger partial charge in [-0.3, -0.25) is 9.59 Å². The van der Waals surface area contributed by atoms with Gasteiger partial charge in [0, 0.05) is 13.8 Å². The van der Waals surface area contributed by atoms with Crippen LogP contribution >= 0.6 is 0 Å². The standard InChI is InChI=1S/C16H28N2O11/c1-5(21)17-9-13(25)14(8(4-20)27-15(9)26)29-16-10(18-6(2)22)12(24)11(23)7(3-19)28-16/h7-16,19-20,23-26H,3-4H2,1-2H3,(H,17,21)(H,18,22)/t7-,8-,9+,10+,11-,12-,13-,14-,15+,16+/m1/s1. The highest BCUT2D eigenvalue weighted by molar-refractivity contribution is 5.73. The predicted octanol–water partition coefficient (Wildman–Crippen LogP) is -5.11. The molecule has 0 radical (unpaired) electrons. The number of carbonyl (C=O) groups excluding carboxylic acids is 2. The van der Waals surface area contributed by atoms with Crippen molar-refractivity contribution in [1.82, 2.24) is 10.6 Å². The Hall–Kier alpha value is -1.42. The first kappa shape index (κ1) is 23.9. The largest absolute Gasteiger partial charge is 0.394 e. The van der Waals surface area contributed by atoms with E-state index in [1.165, 1.54) is 0 Å². The molecule has 0 unspecified atom stereocenters. The molecule has 0 spiro atoms. The molecule has 2 aliphatic rings. The van der Waals surface area contributed by atoms with Gasteiger partial charge in [0.05, 0.1) is 13.2 Å². The molecule has 0 aromatic heterocycles. The second-order valence-electron chi connectivity index (χ2n) is 7.00. The first-order valence-electron chi connectivity index (χ1n) is 9.05. The molecule has 2 aliphatic heterocycles. The molecule has 0 bridgehead atoms. The summed E-state index contributed by atoms with van der Waals surface area (Å²) in [5, 5.41) is 64.5. The van der Waals surface area contributed by atoms with E-state index in [4.69, 9.17) is 14.2 Å². The highest BCUT2D eigenvalue weighted by Crippen LogP contribution is 2.28. The van der Waals surface area contributed by atoms with E-state index in [2.05, 4.69) is 10.6 Å². The lowest BCUT2D eigenvalue weighted by Crippen LogP contribution is -2.69. The first-order chi connectivity index (χ1) is 13.6. The molecule has 2 amide bonds. The molecule has 10 atom stereocenters. The fraction of sp³-hybridized carbons (Fsp3) is 0.875. The van der Waals surface area contributed by atoms with Crippen LogP contribution in [-0.4, -0.2) is 117 Å². The van der Waals surface area contributed by atoms with Gasteiger partial charge in [-0.15, -0.1) is 0 Å². The third-order valence-electron chi connectivity index (χ3n) is 4.78. The molecule has 13 nitrogen and oxygen atoms in total. The Bertz CT molecular complexity index is 579. The van der Waals surface area contributed by atoms with Gasteiger partial charge in [-0.05, 0) is 0 Å². The monoisotopic (exact) mass is 424 g/mol. The van der Waals surface area contributed by atoms with Crippen LogP contribution in [0.1, 0.15) is 13.8 Å². The SMILES string of the molecule is CC(=O)N[C@@H]1[C@H](O[C@H]2[C@H](O)[C@H](NC(C)=O)[C@@H](O)O[C@@H]2CO)O[C@H](CO)[C@@H](O)[C@@H]1O. The van der Waals surface area contributed by atoms with E-state index in [-0.39, 0.29) is 0 Å². The maximum atomic E-state index is 11.5. The molecular formula is C16H28N2O11. The molecule has 2 fully saturated rings. The minimum absolute atomic E-state index is 0.568. The lowest BCUT2D eigenvalue weighted by atomic mass is 9.94. The van der Waals surface area contributed by atoms with Crippen molar-refractivity contribution in [2.45, 2.75) is 75.1 Å². The average molecular weight is 424 g/mol. The molecule has 8 N–H and O–H groups in total. The van der Waals surface area contributed by atoms with Gasteiger partial charge in [0.25, 0.3) is 0 Å². The van der Waals surface area contributed by atoms with Crippen molar-refractivity contribution in [3.8, 4) is 0 Å². The van der Waals surface area contributed by atoms with Crippen LogP contribution in [0.15, 0.2) is 0 Å². The Morgan fingerprint density at radius 3 is 1.90 bits per heavy atom. The third-order valence-corrected chi connectivity index (χ3v) is 4.78. The maximum Gasteiger partial charge on any atom is 0.217 e. The Morgan fingerprint density at radius 1 is 0.828 bits per heavy atom. The summed E-state index contributed by atoms with van der Waals surface area (Å²) in [7, 11) is 0. The Labute approximate surface area is 166 Å². The molecule has 168 valence electrons. The van der Waals surface area contributed by atoms with E-state index >= 15 is 0 Å². The summed E-state index contributed by atoms with van der Waals surface area (Å²) in [5.41, 5.74) is 0. The highest BCUT2D eigenvalue weighted by atomic mass is 16.7. The van der Waals surface area contributed by atoms with Crippen molar-refractivity contribution in [3.05, 3.63) is 0 Å². The van der Waals surface area contributed by atoms with E-state index in [0.29, 0.717) is 0 Å². The zero-order valence-electron chi connectivity index (χ0n) is 15.9. The van der Waals surface area contributed by atoms with E-state index in [0.717, 1.165) is 13.8 Å². The van der Waals surface area contributed by atoms with Crippen molar-refractivity contribution < 1.29 is 54.4 Å². The van der Waals surface area contributed by atoms with Crippen LogP contribution in [0, 0.1) is 0 Å². The van der Waals surface area contributed by atoms with Gasteiger partial charge in [-0.2, -0.15) is 0 Å². The Balaban J connectivity index is 2.26. The van der Waals surface area contributed by atoms with Crippen molar-refractivity contribution >= 4 is 11.8 Å². The summed E-state index contributed by atoms with van der Waals surface area (Å²) in [6, 6.07) is -2.59. The number of aliphatic hydroxyl groups excluding tert-OH is 6. The number of rotatable bonds is 6. The molecule has 29 heavy (non-hydrogen) atoms. The summed E-state index contributed by atoms with van der Waals surface area (Å²) in [6.45, 7) is 0.962. The van der Waals surface area contributed by atoms with Gasteiger partial charge in [0.1, 0.15) is 48.7 Å². The van der Waals surface area contributed by atoms with Crippen LogP contribution in [0.5, 0.6) is 0 Å². The molecular weight excluding hydrogens is 396 g/mol. The van der Waals surface area contributed by atoms with Crippen molar-refractivity contribution in [2.24, 2.45) is 0 Å². The number of aliphatic hydroxyl groups is 6. The number of hydrogen-bond donors (Lipinski definition) is 8. The van der Waals surface area contributed by atoms with E-state index < -0.39 is 86.3 Å². The zero-order valence-corrected chi connectivity index (χ0v) is 15.9. The van der Waals surface area contributed by atoms with Crippen LogP contribution in [0.25, 0.3) is 0 Å². The van der Waals surface area contributed by atoms with E-state index in [1.807, 2.05) is 0 Å². The van der Waals surface area contributed by atoms with Gasteiger partial charge < -0.3 is 55.5 Å². The number of nitrogens with one attached hydrogen (secondary N) is 2. The highest BCUT2D eigenvalue weighted by Gasteiger charge is 2.51. The maximum absolute atomic E-state index is 11.5. The lowest BCUT2D eigenvalue weighted by molar-refractivity contribution is -0.327. The smallest absolute Gasteiger partial charge is 0.217 e. The molecule has 2 rings (SSSR count). The summed E-state index contributed by atoms with van der Waals surface area (Å²) in [6.07, 6.45) is -11.7. The fourth-order valence-electron chi connectivity index (χ4n) is 3.38. The molecule has 2 heterocycles. The van der Waals surface area contributed by atoms with Gasteiger partial charge in [-0.1, -0.05) is 0 Å². The fourth-order valence-corrected chi connectivity index (χ4v) is 3.38. The average Bonchev–Trinajstić information content (AvgIpc) is 2.65. The minimum atomic E-state index is -1.64. The van der Waals surface area contributed by atoms with Gasteiger partial charge in [0.15, 0.2) is 12.6 Å². The van der Waals surface area contributed by atoms with Crippen LogP contribution in [0.2, 0.25) is 0 Å². The molecule has 0 aromatic rings. The lowest BCUT2D eigenvalue weighted by Gasteiger charge is -2.47. The number of hydrogen-bond acceptors (Lipinski definition) is 11. The van der Waals surface area contributed by atoms with Gasteiger partial charge in [-0.25, -0.2) is 0 Å². The molecule has 2 saturated heterocycles. The Kier molecular flexibility index (Phi) is 8.28. The van der Waals surface area contributed by atoms with Gasteiger partial charge in [0.2, 0.25) is 11.8 Å². The van der Waals surface area contributed by atoms with E-state index in [9.17, 15) is 40.2 Å². The van der Waals surface area contributed by atoms with Crippen molar-refractivity contribution in [1.29, 1.82) is 0 Å². The third kappa shape index (κ3) is 5.39. The van der Waals surface area contributed by atoms with Crippen LogP contribution < -0.4 is 10.6 Å². The quantitative estimate of drug-likeness (QED) is 0.202. The summed E-state index contributed by atoms with van der Waals surface area (Å²) < 4.78 is 16.3. The predicted molar refractivity (Wildman–Crippen MR) is 91.8 cm³/mol. The molecule has 13 heteroatoms. The number of carbonyl (C=O) groups is 2. The van der Waals surface area contributed by atoms with Crippen LogP contribution in [0.4, 0.5) is 0 Å². The van der Waals surface area contributed by atoms with Crippen LogP contribution in [0.3, 0.4) is 0 Å². The second kappa shape index (κ2) is 10.1. The number of amides is 2. The topological polar surface area (TPSA) is 207 Å². The van der Waals surface area contributed by atoms with E-state index in [1.54, 1.807) is 0 Å². The second-order valence-corrected chi connectivity index (χ2v) is 7.00. The molecule has 0 saturated carbocycles. The first-order valence-corrected chi connectivity index (χ1v) is 9.05. The van der Waals surface area contributed by atoms with Crippen molar-refractivity contribution in [3.63, 3.8) is 0 Å². The molecule has 0 aromatic carbocycles. The Morgan fingerprint density at radius 2 is 1.38 bits per heavy atom. The summed E-state index contributed by atoms with van der Waals surface area (Å²) in [4.78, 5) is 22.8. The zero-order chi connectivity index (χ0) is 21.9.